The summed E-state index contributed by atoms with van der Waals surface area (Å²) in [5, 5.41) is 5.90. The Morgan fingerprint density at radius 3 is 2.58 bits per heavy atom. The fraction of sp³-hybridized carbons (Fsp3) is 0.214. The third kappa shape index (κ3) is 5.04. The van der Waals surface area contributed by atoms with Gasteiger partial charge in [-0.1, -0.05) is 30.3 Å². The summed E-state index contributed by atoms with van der Waals surface area (Å²) in [4.78, 5) is 11.6. The molecule has 1 aromatic heterocycles. The molecule has 100 valence electrons. The van der Waals surface area contributed by atoms with E-state index in [9.17, 15) is 4.79 Å². The van der Waals surface area contributed by atoms with Gasteiger partial charge >= 0.3 is 0 Å². The summed E-state index contributed by atoms with van der Waals surface area (Å²) in [7, 11) is 0. The molecule has 0 saturated heterocycles. The Bertz CT molecular complexity index is 525. The van der Waals surface area contributed by atoms with Gasteiger partial charge in [0, 0.05) is 6.54 Å². The number of furan rings is 1. The lowest BCUT2D eigenvalue weighted by Gasteiger charge is -2.05. The summed E-state index contributed by atoms with van der Waals surface area (Å²) in [6, 6.07) is 13.6. The van der Waals surface area contributed by atoms with E-state index in [1.807, 2.05) is 42.5 Å². The molecule has 0 aliphatic carbocycles. The maximum Gasteiger partial charge on any atom is 0.234 e. The average Bonchev–Trinajstić information content (AvgIpc) is 2.83. The summed E-state index contributed by atoms with van der Waals surface area (Å²) in [6.45, 7) is 1.39. The summed E-state index contributed by atoms with van der Waals surface area (Å²) >= 11 is 2.11. The van der Waals surface area contributed by atoms with Gasteiger partial charge in [-0.15, -0.1) is 0 Å². The summed E-state index contributed by atoms with van der Waals surface area (Å²) in [5.74, 6) is 0.811. The number of nitrogens with one attached hydrogen (secondary N) is 2. The molecule has 4 nitrogen and oxygen atoms in total. The Hall–Kier alpha value is -1.34. The molecule has 2 aromatic rings. The first-order valence-corrected chi connectivity index (χ1v) is 7.07. The number of carbonyl (C=O) groups is 1. The molecule has 0 spiro atoms. The van der Waals surface area contributed by atoms with Crippen LogP contribution < -0.4 is 10.6 Å². The van der Waals surface area contributed by atoms with E-state index < -0.39 is 0 Å². The Balaban J connectivity index is 1.65. The van der Waals surface area contributed by atoms with Crippen LogP contribution in [0.25, 0.3) is 0 Å². The van der Waals surface area contributed by atoms with Crippen molar-refractivity contribution in [2.24, 2.45) is 0 Å². The summed E-state index contributed by atoms with van der Waals surface area (Å²) < 4.78 is 6.24. The highest BCUT2D eigenvalue weighted by atomic mass is 127. The molecule has 0 fully saturated rings. The third-order valence-electron chi connectivity index (χ3n) is 2.55. The predicted octanol–water partition coefficient (Wildman–Crippen LogP) is 2.29. The van der Waals surface area contributed by atoms with Gasteiger partial charge < -0.3 is 15.1 Å². The zero-order chi connectivity index (χ0) is 13.5. The van der Waals surface area contributed by atoms with Gasteiger partial charge in [-0.25, -0.2) is 0 Å². The first-order valence-electron chi connectivity index (χ1n) is 5.99. The number of amides is 1. The minimum atomic E-state index is -0.0230. The molecule has 5 heteroatoms. The molecular formula is C14H15IN2O2. The number of hydrogen-bond acceptors (Lipinski definition) is 3. The second kappa shape index (κ2) is 7.30. The van der Waals surface area contributed by atoms with E-state index >= 15 is 0 Å². The lowest BCUT2D eigenvalue weighted by molar-refractivity contribution is -0.120. The Labute approximate surface area is 125 Å². The second-order valence-corrected chi connectivity index (χ2v) is 5.13. The van der Waals surface area contributed by atoms with E-state index in [0.717, 1.165) is 15.1 Å². The molecule has 2 N–H and O–H groups in total. The fourth-order valence-electron chi connectivity index (χ4n) is 1.60. The van der Waals surface area contributed by atoms with Crippen molar-refractivity contribution in [1.82, 2.24) is 10.6 Å². The summed E-state index contributed by atoms with van der Waals surface area (Å²) in [5.41, 5.74) is 1.09. The molecule has 2 rings (SSSR count). The number of benzene rings is 1. The Kier molecular flexibility index (Phi) is 5.41. The van der Waals surface area contributed by atoms with Gasteiger partial charge in [-0.05, 0) is 40.3 Å². The standard InChI is InChI=1S/C14H15IN2O2/c15-13-7-6-12(19-13)9-16-10-14(18)17-8-11-4-2-1-3-5-11/h1-7,16H,8-10H2,(H,17,18). The van der Waals surface area contributed by atoms with Crippen LogP contribution in [-0.2, 0) is 17.9 Å². The molecule has 0 unspecified atom stereocenters. The van der Waals surface area contributed by atoms with Crippen LogP contribution in [0, 0.1) is 3.77 Å². The van der Waals surface area contributed by atoms with Crippen molar-refractivity contribution < 1.29 is 9.21 Å². The van der Waals surface area contributed by atoms with Gasteiger partial charge in [0.15, 0.2) is 3.77 Å². The van der Waals surface area contributed by atoms with E-state index in [2.05, 4.69) is 33.2 Å². The highest BCUT2D eigenvalue weighted by Crippen LogP contribution is 2.09. The minimum absolute atomic E-state index is 0.0230. The number of halogens is 1. The number of carbonyl (C=O) groups excluding carboxylic acids is 1. The molecule has 19 heavy (non-hydrogen) atoms. The van der Waals surface area contributed by atoms with E-state index in [1.165, 1.54) is 0 Å². The zero-order valence-electron chi connectivity index (χ0n) is 10.4. The SMILES string of the molecule is O=C(CNCc1ccc(I)o1)NCc1ccccc1. The maximum absolute atomic E-state index is 11.6. The van der Waals surface area contributed by atoms with E-state index in [0.29, 0.717) is 13.1 Å². The van der Waals surface area contributed by atoms with Gasteiger partial charge in [0.1, 0.15) is 5.76 Å². The average molecular weight is 370 g/mol. The second-order valence-electron chi connectivity index (χ2n) is 4.07. The molecule has 0 atom stereocenters. The van der Waals surface area contributed by atoms with Gasteiger partial charge in [-0.2, -0.15) is 0 Å². The van der Waals surface area contributed by atoms with Crippen molar-refractivity contribution in [3.05, 3.63) is 57.6 Å². The first kappa shape index (κ1) is 14.1. The van der Waals surface area contributed by atoms with Gasteiger partial charge in [0.05, 0.1) is 13.1 Å². The zero-order valence-corrected chi connectivity index (χ0v) is 12.5. The van der Waals surface area contributed by atoms with Gasteiger partial charge in [0.25, 0.3) is 0 Å². The van der Waals surface area contributed by atoms with Crippen molar-refractivity contribution in [1.29, 1.82) is 0 Å². The molecule has 0 radical (unpaired) electrons. The quantitative estimate of drug-likeness (QED) is 0.768. The van der Waals surface area contributed by atoms with Gasteiger partial charge in [-0.3, -0.25) is 4.79 Å². The van der Waals surface area contributed by atoms with E-state index in [1.54, 1.807) is 0 Å². The van der Waals surface area contributed by atoms with E-state index in [4.69, 9.17) is 4.42 Å². The monoisotopic (exact) mass is 370 g/mol. The summed E-state index contributed by atoms with van der Waals surface area (Å²) in [6.07, 6.45) is 0. The fourth-order valence-corrected chi connectivity index (χ4v) is 2.07. The molecule has 0 saturated carbocycles. The van der Waals surface area contributed by atoms with Crippen LogP contribution in [0.1, 0.15) is 11.3 Å². The molecule has 0 aliphatic rings. The van der Waals surface area contributed by atoms with Crippen LogP contribution in [0.2, 0.25) is 0 Å². The van der Waals surface area contributed by atoms with Crippen molar-refractivity contribution in [2.75, 3.05) is 6.54 Å². The van der Waals surface area contributed by atoms with Gasteiger partial charge in [0.2, 0.25) is 5.91 Å². The molecule has 1 aromatic carbocycles. The highest BCUT2D eigenvalue weighted by Gasteiger charge is 2.02. The van der Waals surface area contributed by atoms with Crippen molar-refractivity contribution in [2.45, 2.75) is 13.1 Å². The van der Waals surface area contributed by atoms with Crippen LogP contribution in [0.5, 0.6) is 0 Å². The van der Waals surface area contributed by atoms with Crippen molar-refractivity contribution in [3.8, 4) is 0 Å². The topological polar surface area (TPSA) is 54.3 Å². The third-order valence-corrected chi connectivity index (χ3v) is 3.13. The van der Waals surface area contributed by atoms with Crippen LogP contribution in [0.3, 0.4) is 0 Å². The molecular weight excluding hydrogens is 355 g/mol. The van der Waals surface area contributed by atoms with Crippen molar-refractivity contribution in [3.63, 3.8) is 0 Å². The minimum Gasteiger partial charge on any atom is -0.454 e. The molecule has 0 aliphatic heterocycles. The van der Waals surface area contributed by atoms with Crippen LogP contribution >= 0.6 is 22.6 Å². The van der Waals surface area contributed by atoms with Crippen LogP contribution in [-0.4, -0.2) is 12.5 Å². The maximum atomic E-state index is 11.6. The van der Waals surface area contributed by atoms with Crippen LogP contribution in [0.15, 0.2) is 46.9 Å². The largest absolute Gasteiger partial charge is 0.454 e. The van der Waals surface area contributed by atoms with Crippen LogP contribution in [0.4, 0.5) is 0 Å². The highest BCUT2D eigenvalue weighted by molar-refractivity contribution is 14.1. The lowest BCUT2D eigenvalue weighted by Crippen LogP contribution is -2.33. The lowest BCUT2D eigenvalue weighted by atomic mass is 10.2. The Morgan fingerprint density at radius 1 is 1.11 bits per heavy atom. The normalized spacial score (nSPS) is 10.4. The smallest absolute Gasteiger partial charge is 0.234 e. The number of hydrogen-bond donors (Lipinski definition) is 2. The Morgan fingerprint density at radius 2 is 1.89 bits per heavy atom. The number of rotatable bonds is 6. The van der Waals surface area contributed by atoms with E-state index in [-0.39, 0.29) is 12.5 Å². The molecule has 0 bridgehead atoms. The first-order chi connectivity index (χ1) is 9.24. The molecule has 1 heterocycles. The van der Waals surface area contributed by atoms with Crippen molar-refractivity contribution >= 4 is 28.5 Å². The predicted molar refractivity (Wildman–Crippen MR) is 81.4 cm³/mol. The molecule has 1 amide bonds.